The zero-order valence-electron chi connectivity index (χ0n) is 11.1. The molecule has 0 radical (unpaired) electrons. The molecule has 0 atom stereocenters. The molecule has 0 spiro atoms. The largest absolute Gasteiger partial charge is 0.481 e. The highest BCUT2D eigenvalue weighted by molar-refractivity contribution is 7.89. The smallest absolute Gasteiger partial charge is 0.257 e. The van der Waals surface area contributed by atoms with E-state index in [2.05, 4.69) is 10.3 Å². The Balaban J connectivity index is 2.12. The Labute approximate surface area is 121 Å². The van der Waals surface area contributed by atoms with Crippen molar-refractivity contribution in [1.29, 1.82) is 0 Å². The van der Waals surface area contributed by atoms with Crippen LogP contribution in [0.4, 0.5) is 5.69 Å². The van der Waals surface area contributed by atoms with E-state index < -0.39 is 10.0 Å². The molecule has 0 aliphatic carbocycles. The molecule has 0 saturated heterocycles. The molecule has 0 aliphatic heterocycles. The predicted molar refractivity (Wildman–Crippen MR) is 76.6 cm³/mol. The fourth-order valence-electron chi connectivity index (χ4n) is 1.57. The average Bonchev–Trinajstić information content (AvgIpc) is 2.47. The Bertz CT molecular complexity index is 740. The lowest BCUT2D eigenvalue weighted by Crippen LogP contribution is -2.14. The van der Waals surface area contributed by atoms with E-state index in [9.17, 15) is 13.2 Å². The van der Waals surface area contributed by atoms with Gasteiger partial charge in [-0.3, -0.25) is 4.79 Å². The zero-order valence-corrected chi connectivity index (χ0v) is 11.9. The summed E-state index contributed by atoms with van der Waals surface area (Å²) in [5.41, 5.74) is 0.801. The number of anilines is 1. The van der Waals surface area contributed by atoms with Gasteiger partial charge in [0.25, 0.3) is 5.91 Å². The Morgan fingerprint density at radius 3 is 2.33 bits per heavy atom. The van der Waals surface area contributed by atoms with Crippen molar-refractivity contribution in [2.45, 2.75) is 4.90 Å². The van der Waals surface area contributed by atoms with Crippen LogP contribution >= 0.6 is 0 Å². The lowest BCUT2D eigenvalue weighted by molar-refractivity contribution is 0.102. The fourth-order valence-corrected chi connectivity index (χ4v) is 2.08. The number of ether oxygens (including phenoxy) is 1. The fraction of sp³-hybridized carbons (Fsp3) is 0.0769. The standard InChI is InChI=1S/C13H13N3O4S/c1-20-12-7-2-9(8-15-12)13(17)16-10-3-5-11(6-4-10)21(14,18)19/h2-8H,1H3,(H,16,17)(H2,14,18,19). The van der Waals surface area contributed by atoms with Gasteiger partial charge in [-0.2, -0.15) is 0 Å². The quantitative estimate of drug-likeness (QED) is 0.875. The van der Waals surface area contributed by atoms with Crippen molar-refractivity contribution < 1.29 is 17.9 Å². The van der Waals surface area contributed by atoms with Crippen molar-refractivity contribution in [3.05, 3.63) is 48.2 Å². The number of primary sulfonamides is 1. The summed E-state index contributed by atoms with van der Waals surface area (Å²) < 4.78 is 27.1. The molecule has 1 heterocycles. The number of carbonyl (C=O) groups excluding carboxylic acids is 1. The number of pyridine rings is 1. The number of aromatic nitrogens is 1. The van der Waals surface area contributed by atoms with Crippen LogP contribution < -0.4 is 15.2 Å². The minimum atomic E-state index is -3.74. The molecule has 0 bridgehead atoms. The van der Waals surface area contributed by atoms with Crippen molar-refractivity contribution in [3.63, 3.8) is 0 Å². The van der Waals surface area contributed by atoms with Crippen LogP contribution in [-0.4, -0.2) is 26.4 Å². The van der Waals surface area contributed by atoms with Crippen molar-refractivity contribution in [1.82, 2.24) is 4.98 Å². The second-order valence-electron chi connectivity index (χ2n) is 4.11. The summed E-state index contributed by atoms with van der Waals surface area (Å²) in [6.45, 7) is 0. The summed E-state index contributed by atoms with van der Waals surface area (Å²) >= 11 is 0. The summed E-state index contributed by atoms with van der Waals surface area (Å²) in [5.74, 6) is 0.0394. The molecule has 8 heteroatoms. The van der Waals surface area contributed by atoms with Gasteiger partial charge in [0.2, 0.25) is 15.9 Å². The molecule has 110 valence electrons. The van der Waals surface area contributed by atoms with E-state index in [1.54, 1.807) is 12.1 Å². The van der Waals surface area contributed by atoms with E-state index in [1.807, 2.05) is 0 Å². The number of sulfonamides is 1. The van der Waals surface area contributed by atoms with Gasteiger partial charge >= 0.3 is 0 Å². The van der Waals surface area contributed by atoms with E-state index in [0.717, 1.165) is 0 Å². The molecule has 0 aliphatic rings. The van der Waals surface area contributed by atoms with Gasteiger partial charge in [0.1, 0.15) is 0 Å². The average molecular weight is 307 g/mol. The second kappa shape index (κ2) is 5.90. The van der Waals surface area contributed by atoms with E-state index >= 15 is 0 Å². The molecular formula is C13H13N3O4S. The number of hydrogen-bond acceptors (Lipinski definition) is 5. The van der Waals surface area contributed by atoms with Gasteiger partial charge in [-0.25, -0.2) is 18.5 Å². The summed E-state index contributed by atoms with van der Waals surface area (Å²) in [6.07, 6.45) is 1.38. The highest BCUT2D eigenvalue weighted by Crippen LogP contribution is 2.14. The minimum Gasteiger partial charge on any atom is -0.481 e. The number of amides is 1. The normalized spacial score (nSPS) is 11.0. The van der Waals surface area contributed by atoms with Gasteiger partial charge in [0.15, 0.2) is 0 Å². The molecule has 0 unspecified atom stereocenters. The van der Waals surface area contributed by atoms with Crippen molar-refractivity contribution >= 4 is 21.6 Å². The molecule has 3 N–H and O–H groups in total. The van der Waals surface area contributed by atoms with Crippen molar-refractivity contribution in [3.8, 4) is 5.88 Å². The van der Waals surface area contributed by atoms with Gasteiger partial charge < -0.3 is 10.1 Å². The van der Waals surface area contributed by atoms with Crippen LogP contribution in [0.3, 0.4) is 0 Å². The van der Waals surface area contributed by atoms with Crippen LogP contribution in [0, 0.1) is 0 Å². The van der Waals surface area contributed by atoms with Crippen molar-refractivity contribution in [2.24, 2.45) is 5.14 Å². The number of nitrogens with one attached hydrogen (secondary N) is 1. The topological polar surface area (TPSA) is 111 Å². The van der Waals surface area contributed by atoms with Crippen molar-refractivity contribution in [2.75, 3.05) is 12.4 Å². The molecule has 7 nitrogen and oxygen atoms in total. The maximum absolute atomic E-state index is 12.0. The second-order valence-corrected chi connectivity index (χ2v) is 5.67. The molecular weight excluding hydrogens is 294 g/mol. The first-order valence-electron chi connectivity index (χ1n) is 5.84. The van der Waals surface area contributed by atoms with Crippen LogP contribution in [0.1, 0.15) is 10.4 Å². The van der Waals surface area contributed by atoms with Gasteiger partial charge in [-0.05, 0) is 30.3 Å². The van der Waals surface area contributed by atoms with E-state index in [4.69, 9.17) is 9.88 Å². The van der Waals surface area contributed by atoms with Crippen LogP contribution in [0.25, 0.3) is 0 Å². The van der Waals surface area contributed by atoms with Gasteiger partial charge in [-0.15, -0.1) is 0 Å². The molecule has 0 saturated carbocycles. The molecule has 1 aromatic heterocycles. The zero-order chi connectivity index (χ0) is 15.5. The Morgan fingerprint density at radius 1 is 1.19 bits per heavy atom. The van der Waals surface area contributed by atoms with Crippen LogP contribution in [0.5, 0.6) is 5.88 Å². The van der Waals surface area contributed by atoms with Crippen LogP contribution in [0.15, 0.2) is 47.5 Å². The van der Waals surface area contributed by atoms with Gasteiger partial charge in [0.05, 0.1) is 17.6 Å². The third-order valence-corrected chi connectivity index (χ3v) is 3.58. The maximum atomic E-state index is 12.0. The summed E-state index contributed by atoms with van der Waals surface area (Å²) in [6, 6.07) is 8.68. The molecule has 2 rings (SSSR count). The van der Waals surface area contributed by atoms with E-state index in [1.165, 1.54) is 37.6 Å². The first-order chi connectivity index (χ1) is 9.90. The lowest BCUT2D eigenvalue weighted by Gasteiger charge is -2.06. The molecule has 1 amide bonds. The first kappa shape index (κ1) is 14.9. The summed E-state index contributed by atoms with van der Waals surface area (Å²) in [5, 5.41) is 7.61. The third kappa shape index (κ3) is 3.77. The van der Waals surface area contributed by atoms with E-state index in [0.29, 0.717) is 17.1 Å². The molecule has 21 heavy (non-hydrogen) atoms. The Morgan fingerprint density at radius 2 is 1.86 bits per heavy atom. The summed E-state index contributed by atoms with van der Waals surface area (Å²) in [4.78, 5) is 15.9. The number of carbonyl (C=O) groups is 1. The van der Waals surface area contributed by atoms with Crippen LogP contribution in [0.2, 0.25) is 0 Å². The maximum Gasteiger partial charge on any atom is 0.257 e. The summed E-state index contributed by atoms with van der Waals surface area (Å²) in [7, 11) is -2.26. The molecule has 2 aromatic rings. The monoisotopic (exact) mass is 307 g/mol. The predicted octanol–water partition coefficient (Wildman–Crippen LogP) is 0.990. The molecule has 0 fully saturated rings. The third-order valence-electron chi connectivity index (χ3n) is 2.65. The number of methoxy groups -OCH3 is 1. The van der Waals surface area contributed by atoms with Gasteiger partial charge in [-0.1, -0.05) is 0 Å². The minimum absolute atomic E-state index is 0.0217. The Kier molecular flexibility index (Phi) is 4.20. The Hall–Kier alpha value is -2.45. The van der Waals surface area contributed by atoms with Crippen LogP contribution in [-0.2, 0) is 10.0 Å². The number of nitrogens with two attached hydrogens (primary N) is 1. The highest BCUT2D eigenvalue weighted by Gasteiger charge is 2.09. The number of rotatable bonds is 4. The lowest BCUT2D eigenvalue weighted by atomic mass is 10.2. The number of benzene rings is 1. The highest BCUT2D eigenvalue weighted by atomic mass is 32.2. The van der Waals surface area contributed by atoms with Gasteiger partial charge in [0, 0.05) is 18.0 Å². The molecule has 1 aromatic carbocycles. The number of hydrogen-bond donors (Lipinski definition) is 2. The van der Waals surface area contributed by atoms with E-state index in [-0.39, 0.29) is 10.8 Å². The SMILES string of the molecule is COc1ccc(C(=O)Nc2ccc(S(N)(=O)=O)cc2)cn1. The first-order valence-corrected chi connectivity index (χ1v) is 7.39. The number of nitrogens with zero attached hydrogens (tertiary/aromatic N) is 1.